The predicted octanol–water partition coefficient (Wildman–Crippen LogP) is 5.45. The fourth-order valence-electron chi connectivity index (χ4n) is 3.00. The van der Waals surface area contributed by atoms with Crippen molar-refractivity contribution in [1.82, 2.24) is 9.66 Å². The zero-order valence-electron chi connectivity index (χ0n) is 18.3. The molecular formula is C22H23BrClN3O4S. The normalized spacial score (nSPS) is 12.6. The summed E-state index contributed by atoms with van der Waals surface area (Å²) in [6, 6.07) is 8.09. The molecule has 0 N–H and O–H groups in total. The van der Waals surface area contributed by atoms with Crippen molar-refractivity contribution < 1.29 is 13.7 Å². The monoisotopic (exact) mass is 539 g/mol. The van der Waals surface area contributed by atoms with Crippen molar-refractivity contribution in [3.8, 4) is 0 Å². The van der Waals surface area contributed by atoms with Crippen LogP contribution in [0.2, 0.25) is 5.02 Å². The number of carbonyl (C=O) groups excluding carboxylic acids is 1. The Morgan fingerprint density at radius 2 is 1.97 bits per heavy atom. The second kappa shape index (κ2) is 9.33. The van der Waals surface area contributed by atoms with Gasteiger partial charge in [0.2, 0.25) is 0 Å². The molecule has 0 aliphatic heterocycles. The summed E-state index contributed by atoms with van der Waals surface area (Å²) >= 11 is 9.66. The van der Waals surface area contributed by atoms with Gasteiger partial charge in [-0.3, -0.25) is 9.00 Å². The van der Waals surface area contributed by atoms with E-state index in [1.807, 2.05) is 6.92 Å². The molecule has 1 aromatic heterocycles. The number of amides is 1. The summed E-state index contributed by atoms with van der Waals surface area (Å²) in [7, 11) is -1.43. The van der Waals surface area contributed by atoms with Crippen LogP contribution < -0.4 is 10.6 Å². The van der Waals surface area contributed by atoms with Gasteiger partial charge in [-0.1, -0.05) is 34.5 Å². The molecule has 1 heterocycles. The van der Waals surface area contributed by atoms with E-state index in [0.29, 0.717) is 26.6 Å². The molecule has 0 saturated carbocycles. The van der Waals surface area contributed by atoms with Crippen LogP contribution >= 0.6 is 27.5 Å². The molecule has 0 radical (unpaired) electrons. The quantitative estimate of drug-likeness (QED) is 0.439. The Morgan fingerprint density at radius 1 is 1.28 bits per heavy atom. The second-order valence-electron chi connectivity index (χ2n) is 8.05. The maximum atomic E-state index is 13.5. The minimum absolute atomic E-state index is 0.184. The maximum Gasteiger partial charge on any atom is 0.434 e. The largest absolute Gasteiger partial charge is 0.442 e. The van der Waals surface area contributed by atoms with Crippen molar-refractivity contribution in [3.63, 3.8) is 0 Å². The number of carbonyl (C=O) groups is 1. The van der Waals surface area contributed by atoms with Crippen molar-refractivity contribution in [2.24, 2.45) is 0 Å². The first-order valence-electron chi connectivity index (χ1n) is 9.81. The van der Waals surface area contributed by atoms with Gasteiger partial charge >= 0.3 is 6.09 Å². The molecule has 10 heteroatoms. The molecule has 0 fully saturated rings. The Morgan fingerprint density at radius 3 is 2.59 bits per heavy atom. The molecule has 1 atom stereocenters. The van der Waals surface area contributed by atoms with Gasteiger partial charge in [0.1, 0.15) is 11.9 Å². The van der Waals surface area contributed by atoms with Crippen molar-refractivity contribution in [1.29, 1.82) is 0 Å². The topological polar surface area (TPSA) is 81.5 Å². The highest BCUT2D eigenvalue weighted by Crippen LogP contribution is 2.30. The first-order chi connectivity index (χ1) is 14.9. The summed E-state index contributed by atoms with van der Waals surface area (Å²) < 4.78 is 20.2. The minimum Gasteiger partial charge on any atom is -0.442 e. The minimum atomic E-state index is -1.43. The van der Waals surface area contributed by atoms with Crippen LogP contribution in [0.4, 0.5) is 10.5 Å². The number of benzene rings is 2. The summed E-state index contributed by atoms with van der Waals surface area (Å²) in [5, 5.41) is 1.67. The van der Waals surface area contributed by atoms with E-state index < -0.39 is 28.1 Å². The van der Waals surface area contributed by atoms with Gasteiger partial charge in [-0.25, -0.2) is 9.78 Å². The van der Waals surface area contributed by atoms with E-state index in [1.165, 1.54) is 12.4 Å². The number of aryl methyl sites for hydroxylation is 1. The lowest BCUT2D eigenvalue weighted by molar-refractivity contribution is 0.0561. The third kappa shape index (κ3) is 5.05. The molecule has 0 aliphatic rings. The number of rotatable bonds is 4. The summed E-state index contributed by atoms with van der Waals surface area (Å²) in [6.45, 7) is 8.76. The zero-order chi connectivity index (χ0) is 23.8. The van der Waals surface area contributed by atoms with Crippen LogP contribution in [0.1, 0.15) is 33.3 Å². The Labute approximate surface area is 201 Å². The molecule has 1 amide bonds. The SMILES string of the molecule is CCS(=O)c1ccc(Cl)cc1N(C(=O)OC(C)(C)C)n1cnc2cc(Br)c(C)cc2c1=O. The number of hydrogen-bond donors (Lipinski definition) is 0. The van der Waals surface area contributed by atoms with Crippen LogP contribution in [0.15, 0.2) is 50.8 Å². The predicted molar refractivity (Wildman–Crippen MR) is 131 cm³/mol. The molecule has 0 spiro atoms. The lowest BCUT2D eigenvalue weighted by Gasteiger charge is -2.29. The van der Waals surface area contributed by atoms with Crippen molar-refractivity contribution in [2.45, 2.75) is 45.1 Å². The number of ether oxygens (including phenoxy) is 1. The van der Waals surface area contributed by atoms with E-state index in [1.54, 1.807) is 52.0 Å². The Bertz CT molecular complexity index is 1290. The fourth-order valence-corrected chi connectivity index (χ4v) is 4.40. The third-order valence-electron chi connectivity index (χ3n) is 4.46. The second-order valence-corrected chi connectivity index (χ2v) is 11.1. The van der Waals surface area contributed by atoms with E-state index in [4.69, 9.17) is 16.3 Å². The number of hydrogen-bond acceptors (Lipinski definition) is 5. The number of anilines is 1. The molecule has 3 aromatic rings. The van der Waals surface area contributed by atoms with Crippen LogP contribution in [0.25, 0.3) is 10.9 Å². The van der Waals surface area contributed by atoms with Gasteiger partial charge in [-0.15, -0.1) is 0 Å². The van der Waals surface area contributed by atoms with Gasteiger partial charge in [-0.05, 0) is 63.6 Å². The van der Waals surface area contributed by atoms with Crippen LogP contribution in [0.3, 0.4) is 0 Å². The Hall–Kier alpha value is -2.23. The van der Waals surface area contributed by atoms with Gasteiger partial charge in [-0.2, -0.15) is 9.69 Å². The van der Waals surface area contributed by atoms with Crippen molar-refractivity contribution >= 4 is 61.0 Å². The fraction of sp³-hybridized carbons (Fsp3) is 0.318. The first kappa shape index (κ1) is 24.4. The van der Waals surface area contributed by atoms with Crippen molar-refractivity contribution in [2.75, 3.05) is 10.8 Å². The number of aromatic nitrogens is 2. The molecule has 0 aliphatic carbocycles. The average molecular weight is 541 g/mol. The smallest absolute Gasteiger partial charge is 0.434 e. The lowest BCUT2D eigenvalue weighted by Crippen LogP contribution is -2.46. The van der Waals surface area contributed by atoms with Gasteiger partial charge in [0.05, 0.1) is 32.3 Å². The number of nitrogens with zero attached hydrogens (tertiary/aromatic N) is 3. The lowest BCUT2D eigenvalue weighted by atomic mass is 10.2. The van der Waals surface area contributed by atoms with Gasteiger partial charge in [0.15, 0.2) is 0 Å². The highest BCUT2D eigenvalue weighted by atomic mass is 79.9. The summed E-state index contributed by atoms with van der Waals surface area (Å²) in [5.74, 6) is 0.314. The van der Waals surface area contributed by atoms with E-state index in [0.717, 1.165) is 19.7 Å². The zero-order valence-corrected chi connectivity index (χ0v) is 21.5. The van der Waals surface area contributed by atoms with Crippen LogP contribution in [-0.4, -0.2) is 31.3 Å². The maximum absolute atomic E-state index is 13.5. The van der Waals surface area contributed by atoms with E-state index in [-0.39, 0.29) is 5.69 Å². The number of halogens is 2. The van der Waals surface area contributed by atoms with Gasteiger partial charge in [0.25, 0.3) is 5.56 Å². The van der Waals surface area contributed by atoms with Crippen molar-refractivity contribution in [3.05, 3.63) is 62.1 Å². The van der Waals surface area contributed by atoms with Gasteiger partial charge < -0.3 is 4.74 Å². The summed E-state index contributed by atoms with van der Waals surface area (Å²) in [6.07, 6.45) is 0.418. The highest BCUT2D eigenvalue weighted by molar-refractivity contribution is 9.10. The Balaban J connectivity index is 2.33. The molecule has 32 heavy (non-hydrogen) atoms. The highest BCUT2D eigenvalue weighted by Gasteiger charge is 2.29. The van der Waals surface area contributed by atoms with Crippen LogP contribution in [-0.2, 0) is 15.5 Å². The molecular weight excluding hydrogens is 518 g/mol. The summed E-state index contributed by atoms with van der Waals surface area (Å²) in [4.78, 5) is 31.5. The van der Waals surface area contributed by atoms with E-state index >= 15 is 0 Å². The Kier molecular flexibility index (Phi) is 7.12. The van der Waals surface area contributed by atoms with Crippen LogP contribution in [0, 0.1) is 6.92 Å². The molecule has 0 saturated heterocycles. The summed E-state index contributed by atoms with van der Waals surface area (Å²) in [5.41, 5.74) is 0.173. The molecule has 2 aromatic carbocycles. The molecule has 0 bridgehead atoms. The van der Waals surface area contributed by atoms with E-state index in [9.17, 15) is 13.8 Å². The molecule has 1 unspecified atom stereocenters. The average Bonchev–Trinajstić information content (AvgIpc) is 2.70. The number of fused-ring (bicyclic) bond motifs is 1. The first-order valence-corrected chi connectivity index (χ1v) is 12.3. The molecule has 170 valence electrons. The van der Waals surface area contributed by atoms with Gasteiger partial charge in [0, 0.05) is 15.2 Å². The van der Waals surface area contributed by atoms with Crippen LogP contribution in [0.5, 0.6) is 0 Å². The third-order valence-corrected chi connectivity index (χ3v) is 6.91. The molecule has 3 rings (SSSR count). The van der Waals surface area contributed by atoms with E-state index in [2.05, 4.69) is 20.9 Å². The standard InChI is InChI=1S/C22H23BrClN3O4S/c1-6-32(30)19-8-7-14(24)10-18(19)27(21(29)31-22(3,4)5)26-12-25-17-11-16(23)13(2)9-15(17)20(26)28/h7-12H,6H2,1-5H3. The molecule has 7 nitrogen and oxygen atoms in total.